The lowest BCUT2D eigenvalue weighted by atomic mass is 9.87. The van der Waals surface area contributed by atoms with Gasteiger partial charge in [-0.2, -0.15) is 0 Å². The van der Waals surface area contributed by atoms with Crippen molar-refractivity contribution in [2.45, 2.75) is 39.7 Å². The summed E-state index contributed by atoms with van der Waals surface area (Å²) >= 11 is 1.66. The number of amides is 1. The fourth-order valence-corrected chi connectivity index (χ4v) is 4.90. The van der Waals surface area contributed by atoms with Crippen molar-refractivity contribution < 1.29 is 13.9 Å². The molecule has 0 bridgehead atoms. The van der Waals surface area contributed by atoms with Gasteiger partial charge in [-0.3, -0.25) is 4.79 Å². The first-order valence-electron chi connectivity index (χ1n) is 11.9. The Kier molecular flexibility index (Phi) is 6.37. The first-order valence-corrected chi connectivity index (χ1v) is 12.7. The van der Waals surface area contributed by atoms with E-state index in [1.54, 1.807) is 23.5 Å². The van der Waals surface area contributed by atoms with E-state index in [0.29, 0.717) is 11.4 Å². The largest absolute Gasteiger partial charge is 0.486 e. The summed E-state index contributed by atoms with van der Waals surface area (Å²) in [6.45, 7) is 8.86. The van der Waals surface area contributed by atoms with Crippen LogP contribution in [0.3, 0.4) is 0 Å². The van der Waals surface area contributed by atoms with Gasteiger partial charge in [0.2, 0.25) is 0 Å². The monoisotopic (exact) mass is 496 g/mol. The molecular formula is C30H28N2O3S. The quantitative estimate of drug-likeness (QED) is 0.259. The Morgan fingerprint density at radius 2 is 1.72 bits per heavy atom. The number of anilines is 1. The fraction of sp³-hybridized carbons (Fsp3) is 0.200. The van der Waals surface area contributed by atoms with E-state index >= 15 is 0 Å². The molecule has 6 heteroatoms. The number of aromatic nitrogens is 1. The molecule has 36 heavy (non-hydrogen) atoms. The van der Waals surface area contributed by atoms with Gasteiger partial charge in [0.15, 0.2) is 5.76 Å². The maximum atomic E-state index is 12.7. The van der Waals surface area contributed by atoms with Crippen LogP contribution in [0.25, 0.3) is 20.8 Å². The number of fused-ring (bicyclic) bond motifs is 1. The van der Waals surface area contributed by atoms with Crippen molar-refractivity contribution in [3.8, 4) is 16.3 Å². The maximum Gasteiger partial charge on any atom is 0.291 e. The van der Waals surface area contributed by atoms with Crippen LogP contribution in [0.15, 0.2) is 83.3 Å². The van der Waals surface area contributed by atoms with Crippen molar-refractivity contribution in [1.82, 2.24) is 4.98 Å². The van der Waals surface area contributed by atoms with Crippen LogP contribution in [0.5, 0.6) is 5.75 Å². The number of nitrogens with one attached hydrogen (secondary N) is 1. The molecule has 0 saturated heterocycles. The van der Waals surface area contributed by atoms with Crippen LogP contribution in [0.2, 0.25) is 0 Å². The van der Waals surface area contributed by atoms with Crippen molar-refractivity contribution >= 4 is 33.1 Å². The van der Waals surface area contributed by atoms with Crippen molar-refractivity contribution in [3.05, 3.63) is 102 Å². The molecule has 0 saturated carbocycles. The molecule has 1 amide bonds. The number of ether oxygens (including phenoxy) is 1. The van der Waals surface area contributed by atoms with E-state index in [2.05, 4.69) is 57.3 Å². The highest BCUT2D eigenvalue weighted by Crippen LogP contribution is 2.31. The lowest BCUT2D eigenvalue weighted by molar-refractivity contribution is 0.0992. The number of aryl methyl sites for hydroxylation is 1. The number of hydrogen-bond donors (Lipinski definition) is 1. The lowest BCUT2D eigenvalue weighted by Crippen LogP contribution is -2.10. The minimum Gasteiger partial charge on any atom is -0.486 e. The summed E-state index contributed by atoms with van der Waals surface area (Å²) in [4.78, 5) is 17.4. The minimum absolute atomic E-state index is 0.0941. The Balaban J connectivity index is 1.19. The summed E-state index contributed by atoms with van der Waals surface area (Å²) in [6, 6.07) is 25.4. The molecule has 182 valence electrons. The van der Waals surface area contributed by atoms with Crippen LogP contribution in [-0.2, 0) is 12.0 Å². The van der Waals surface area contributed by atoms with E-state index in [1.807, 2.05) is 42.5 Å². The second-order valence-electron chi connectivity index (χ2n) is 9.85. The molecule has 0 spiro atoms. The third-order valence-electron chi connectivity index (χ3n) is 5.92. The van der Waals surface area contributed by atoms with E-state index in [0.717, 1.165) is 21.8 Å². The summed E-state index contributed by atoms with van der Waals surface area (Å²) in [5.41, 5.74) is 5.26. The number of benzene rings is 3. The number of carbonyl (C=O) groups is 1. The zero-order chi connectivity index (χ0) is 25.3. The molecule has 2 heterocycles. The van der Waals surface area contributed by atoms with Gasteiger partial charge in [-0.25, -0.2) is 4.98 Å². The minimum atomic E-state index is -0.306. The molecule has 1 N–H and O–H groups in total. The van der Waals surface area contributed by atoms with Gasteiger partial charge in [-0.05, 0) is 84.1 Å². The predicted molar refractivity (Wildman–Crippen MR) is 146 cm³/mol. The van der Waals surface area contributed by atoms with E-state index in [1.165, 1.54) is 15.8 Å². The number of furan rings is 1. The number of rotatable bonds is 6. The molecule has 0 fully saturated rings. The van der Waals surface area contributed by atoms with E-state index in [9.17, 15) is 4.79 Å². The zero-order valence-corrected chi connectivity index (χ0v) is 21.6. The third-order valence-corrected chi connectivity index (χ3v) is 6.99. The maximum absolute atomic E-state index is 12.7. The molecule has 5 aromatic rings. The highest BCUT2D eigenvalue weighted by atomic mass is 32.1. The fourth-order valence-electron chi connectivity index (χ4n) is 3.83. The van der Waals surface area contributed by atoms with E-state index < -0.39 is 0 Å². The molecule has 3 aromatic carbocycles. The topological polar surface area (TPSA) is 64.4 Å². The summed E-state index contributed by atoms with van der Waals surface area (Å²) in [5.74, 6) is 1.27. The SMILES string of the molecule is Cc1ccc2nc(-c3ccc(NC(=O)c4ccc(COc5ccc(C(C)(C)C)cc5)o4)cc3)sc2c1. The highest BCUT2D eigenvalue weighted by Gasteiger charge is 2.15. The van der Waals surface area contributed by atoms with Crippen molar-refractivity contribution in [3.63, 3.8) is 0 Å². The van der Waals surface area contributed by atoms with Gasteiger partial charge in [0.05, 0.1) is 10.2 Å². The Bertz CT molecular complexity index is 1510. The number of hydrogen-bond acceptors (Lipinski definition) is 5. The van der Waals surface area contributed by atoms with Crippen LogP contribution in [0.1, 0.15) is 48.2 Å². The third kappa shape index (κ3) is 5.34. The Labute approximate surface area is 214 Å². The van der Waals surface area contributed by atoms with E-state index in [-0.39, 0.29) is 23.7 Å². The molecule has 5 rings (SSSR count). The molecule has 0 aliphatic rings. The van der Waals surface area contributed by atoms with Gasteiger partial charge < -0.3 is 14.5 Å². The van der Waals surface area contributed by atoms with Gasteiger partial charge in [0.25, 0.3) is 5.91 Å². The van der Waals surface area contributed by atoms with E-state index in [4.69, 9.17) is 14.1 Å². The Hall–Kier alpha value is -3.90. The number of thiazole rings is 1. The molecule has 2 aromatic heterocycles. The summed E-state index contributed by atoms with van der Waals surface area (Å²) in [5, 5.41) is 3.84. The molecule has 0 aliphatic carbocycles. The Morgan fingerprint density at radius 3 is 2.44 bits per heavy atom. The molecule has 0 atom stereocenters. The van der Waals surface area contributed by atoms with Crippen molar-refractivity contribution in [2.24, 2.45) is 0 Å². The second-order valence-corrected chi connectivity index (χ2v) is 10.9. The van der Waals surface area contributed by atoms with Gasteiger partial charge >= 0.3 is 0 Å². The van der Waals surface area contributed by atoms with Crippen LogP contribution >= 0.6 is 11.3 Å². The van der Waals surface area contributed by atoms with Gasteiger partial charge in [-0.1, -0.05) is 39.0 Å². The van der Waals surface area contributed by atoms with Crippen LogP contribution < -0.4 is 10.1 Å². The molecule has 5 nitrogen and oxygen atoms in total. The van der Waals surface area contributed by atoms with Gasteiger partial charge in [0.1, 0.15) is 23.1 Å². The van der Waals surface area contributed by atoms with Gasteiger partial charge in [-0.15, -0.1) is 11.3 Å². The van der Waals surface area contributed by atoms with Gasteiger partial charge in [0, 0.05) is 11.3 Å². The summed E-state index contributed by atoms with van der Waals surface area (Å²) < 4.78 is 12.7. The van der Waals surface area contributed by atoms with Crippen molar-refractivity contribution in [2.75, 3.05) is 5.32 Å². The van der Waals surface area contributed by atoms with Crippen LogP contribution in [0.4, 0.5) is 5.69 Å². The second kappa shape index (κ2) is 9.63. The standard InChI is InChI=1S/C30H28N2O3S/c1-19-5-15-25-27(17-19)36-29(32-25)20-6-10-22(11-7-20)31-28(33)26-16-14-24(35-26)18-34-23-12-8-21(9-13-23)30(2,3)4/h5-17H,18H2,1-4H3,(H,31,33). The highest BCUT2D eigenvalue weighted by molar-refractivity contribution is 7.21. The average molecular weight is 497 g/mol. The number of nitrogens with zero attached hydrogens (tertiary/aromatic N) is 1. The summed E-state index contributed by atoms with van der Waals surface area (Å²) in [7, 11) is 0. The predicted octanol–water partition coefficient (Wildman–Crippen LogP) is 7.99. The van der Waals surface area contributed by atoms with Crippen LogP contribution in [0, 0.1) is 6.92 Å². The lowest BCUT2D eigenvalue weighted by Gasteiger charge is -2.19. The molecule has 0 unspecified atom stereocenters. The molecular weight excluding hydrogens is 468 g/mol. The van der Waals surface area contributed by atoms with Crippen LogP contribution in [-0.4, -0.2) is 10.9 Å². The number of carbonyl (C=O) groups excluding carboxylic acids is 1. The average Bonchev–Trinajstić information content (AvgIpc) is 3.50. The normalized spacial score (nSPS) is 11.6. The molecule has 0 aliphatic heterocycles. The zero-order valence-electron chi connectivity index (χ0n) is 20.8. The molecule has 0 radical (unpaired) electrons. The first-order chi connectivity index (χ1) is 17.2. The Morgan fingerprint density at radius 1 is 0.972 bits per heavy atom. The summed E-state index contributed by atoms with van der Waals surface area (Å²) in [6.07, 6.45) is 0. The smallest absolute Gasteiger partial charge is 0.291 e. The first kappa shape index (κ1) is 23.8. The van der Waals surface area contributed by atoms with Crippen molar-refractivity contribution in [1.29, 1.82) is 0 Å².